The Kier molecular flexibility index (Phi) is 3.78. The molecule has 16 heavy (non-hydrogen) atoms. The highest BCUT2D eigenvalue weighted by Gasteiger charge is 2.42. The van der Waals surface area contributed by atoms with Crippen LogP contribution in [0, 0.1) is 5.92 Å². The van der Waals surface area contributed by atoms with Gasteiger partial charge in [-0.1, -0.05) is 20.3 Å². The second kappa shape index (κ2) is 4.95. The molecule has 2 bridgehead atoms. The Bertz CT molecular complexity index is 255. The molecule has 3 unspecified atom stereocenters. The van der Waals surface area contributed by atoms with Crippen molar-refractivity contribution in [3.05, 3.63) is 0 Å². The summed E-state index contributed by atoms with van der Waals surface area (Å²) in [7, 11) is 0. The molecule has 2 rings (SSSR count). The summed E-state index contributed by atoms with van der Waals surface area (Å²) >= 11 is 6.21. The number of hydrogen-bond donors (Lipinski definition) is 0. The van der Waals surface area contributed by atoms with Crippen molar-refractivity contribution in [2.45, 2.75) is 69.8 Å². The lowest BCUT2D eigenvalue weighted by Gasteiger charge is -2.37. The van der Waals surface area contributed by atoms with Gasteiger partial charge in [0.2, 0.25) is 5.91 Å². The fraction of sp³-hybridized carbons (Fsp3) is 0.923. The Balaban J connectivity index is 1.97. The molecule has 0 N–H and O–H groups in total. The number of alkyl halides is 1. The number of rotatable bonds is 3. The Morgan fingerprint density at radius 3 is 2.44 bits per heavy atom. The Labute approximate surface area is 103 Å². The molecule has 2 fully saturated rings. The van der Waals surface area contributed by atoms with Crippen LogP contribution in [-0.4, -0.2) is 28.3 Å². The minimum absolute atomic E-state index is 0.296. The minimum Gasteiger partial charge on any atom is -0.337 e. The Morgan fingerprint density at radius 1 is 1.38 bits per heavy atom. The van der Waals surface area contributed by atoms with Gasteiger partial charge in [-0.05, 0) is 31.6 Å². The van der Waals surface area contributed by atoms with Crippen molar-refractivity contribution in [2.24, 2.45) is 5.92 Å². The normalized spacial score (nSPS) is 35.2. The molecule has 0 aliphatic carbocycles. The van der Waals surface area contributed by atoms with Gasteiger partial charge in [0.15, 0.2) is 0 Å². The summed E-state index contributed by atoms with van der Waals surface area (Å²) in [6.07, 6.45) is 6.15. The maximum Gasteiger partial charge on any atom is 0.223 e. The second-order valence-corrected chi connectivity index (χ2v) is 6.09. The first-order valence-electron chi connectivity index (χ1n) is 6.57. The molecule has 1 amide bonds. The van der Waals surface area contributed by atoms with Gasteiger partial charge >= 0.3 is 0 Å². The molecule has 2 aliphatic rings. The van der Waals surface area contributed by atoms with E-state index in [0.717, 1.165) is 25.7 Å². The van der Waals surface area contributed by atoms with Gasteiger partial charge in [-0.15, -0.1) is 11.6 Å². The highest BCUT2D eigenvalue weighted by atomic mass is 35.5. The molecular formula is C13H22ClNO. The number of fused-ring (bicyclic) bond motifs is 2. The summed E-state index contributed by atoms with van der Waals surface area (Å²) in [4.78, 5) is 14.4. The lowest BCUT2D eigenvalue weighted by atomic mass is 9.99. The Morgan fingerprint density at radius 2 is 1.94 bits per heavy atom. The van der Waals surface area contributed by atoms with Crippen molar-refractivity contribution in [2.75, 3.05) is 0 Å². The molecule has 2 saturated heterocycles. The molecule has 2 nitrogen and oxygen atoms in total. The van der Waals surface area contributed by atoms with Crippen LogP contribution in [-0.2, 0) is 4.79 Å². The first kappa shape index (κ1) is 12.2. The van der Waals surface area contributed by atoms with Crippen molar-refractivity contribution < 1.29 is 4.79 Å². The lowest BCUT2D eigenvalue weighted by Crippen LogP contribution is -2.47. The minimum atomic E-state index is 0.296. The van der Waals surface area contributed by atoms with Gasteiger partial charge in [0.1, 0.15) is 0 Å². The predicted octanol–water partition coefficient (Wildman–Crippen LogP) is 3.18. The van der Waals surface area contributed by atoms with Gasteiger partial charge in [0.25, 0.3) is 0 Å². The monoisotopic (exact) mass is 243 g/mol. The first-order valence-corrected chi connectivity index (χ1v) is 7.00. The molecule has 0 aromatic rings. The van der Waals surface area contributed by atoms with Crippen LogP contribution in [0.15, 0.2) is 0 Å². The van der Waals surface area contributed by atoms with E-state index in [0.29, 0.717) is 29.3 Å². The van der Waals surface area contributed by atoms with E-state index in [4.69, 9.17) is 11.6 Å². The van der Waals surface area contributed by atoms with Gasteiger partial charge in [-0.3, -0.25) is 4.79 Å². The fourth-order valence-electron chi connectivity index (χ4n) is 3.07. The maximum absolute atomic E-state index is 12.2. The average molecular weight is 244 g/mol. The van der Waals surface area contributed by atoms with Crippen molar-refractivity contribution in [1.82, 2.24) is 4.90 Å². The zero-order valence-corrected chi connectivity index (χ0v) is 11.0. The van der Waals surface area contributed by atoms with E-state index in [9.17, 15) is 4.79 Å². The summed E-state index contributed by atoms with van der Waals surface area (Å²) < 4.78 is 0. The van der Waals surface area contributed by atoms with Crippen LogP contribution in [0.5, 0.6) is 0 Å². The quantitative estimate of drug-likeness (QED) is 0.698. The summed E-state index contributed by atoms with van der Waals surface area (Å²) in [6.45, 7) is 4.31. The zero-order chi connectivity index (χ0) is 11.7. The van der Waals surface area contributed by atoms with Crippen LogP contribution in [0.4, 0.5) is 0 Å². The standard InChI is InChI=1S/C13H22ClNO/c1-3-9(2)6-13(16)15-11-4-5-12(15)8-10(14)7-11/h9-12H,3-8H2,1-2H3. The number of nitrogens with zero attached hydrogens (tertiary/aromatic N) is 1. The fourth-order valence-corrected chi connectivity index (χ4v) is 3.48. The average Bonchev–Trinajstić information content (AvgIpc) is 2.51. The smallest absolute Gasteiger partial charge is 0.223 e. The van der Waals surface area contributed by atoms with E-state index >= 15 is 0 Å². The van der Waals surface area contributed by atoms with Crippen molar-refractivity contribution in [3.63, 3.8) is 0 Å². The van der Waals surface area contributed by atoms with Crippen molar-refractivity contribution >= 4 is 17.5 Å². The molecule has 0 spiro atoms. The number of hydrogen-bond acceptors (Lipinski definition) is 1. The topological polar surface area (TPSA) is 20.3 Å². The number of halogens is 1. The molecule has 2 heterocycles. The van der Waals surface area contributed by atoms with Crippen LogP contribution in [0.3, 0.4) is 0 Å². The molecule has 92 valence electrons. The van der Waals surface area contributed by atoms with Crippen LogP contribution >= 0.6 is 11.6 Å². The van der Waals surface area contributed by atoms with E-state index in [1.54, 1.807) is 0 Å². The molecule has 2 aliphatic heterocycles. The lowest BCUT2D eigenvalue weighted by molar-refractivity contribution is -0.136. The molecule has 3 heteroatoms. The highest BCUT2D eigenvalue weighted by molar-refractivity contribution is 6.20. The number of carbonyl (C=O) groups is 1. The molecule has 0 aromatic heterocycles. The van der Waals surface area contributed by atoms with E-state index in [2.05, 4.69) is 18.7 Å². The Hall–Kier alpha value is -0.240. The third-order valence-corrected chi connectivity index (χ3v) is 4.54. The predicted molar refractivity (Wildman–Crippen MR) is 66.6 cm³/mol. The summed E-state index contributed by atoms with van der Waals surface area (Å²) in [6, 6.07) is 0.885. The third-order valence-electron chi connectivity index (χ3n) is 4.18. The summed E-state index contributed by atoms with van der Waals surface area (Å²) in [5.74, 6) is 0.881. The van der Waals surface area contributed by atoms with Gasteiger partial charge < -0.3 is 4.90 Å². The largest absolute Gasteiger partial charge is 0.337 e. The second-order valence-electron chi connectivity index (χ2n) is 5.47. The maximum atomic E-state index is 12.2. The summed E-state index contributed by atoms with van der Waals surface area (Å²) in [5, 5.41) is 0.296. The van der Waals surface area contributed by atoms with Crippen molar-refractivity contribution in [1.29, 1.82) is 0 Å². The van der Waals surface area contributed by atoms with Gasteiger partial charge in [0, 0.05) is 23.9 Å². The van der Waals surface area contributed by atoms with Gasteiger partial charge in [-0.2, -0.15) is 0 Å². The SMILES string of the molecule is CCC(C)CC(=O)N1C2CCC1CC(Cl)C2. The molecule has 0 radical (unpaired) electrons. The third kappa shape index (κ3) is 2.37. The van der Waals surface area contributed by atoms with E-state index in [1.807, 2.05) is 0 Å². The van der Waals surface area contributed by atoms with Gasteiger partial charge in [0.05, 0.1) is 0 Å². The van der Waals surface area contributed by atoms with Crippen LogP contribution < -0.4 is 0 Å². The first-order chi connectivity index (χ1) is 7.61. The molecule has 0 saturated carbocycles. The molecular weight excluding hydrogens is 222 g/mol. The number of piperidine rings is 1. The van der Waals surface area contributed by atoms with Crippen LogP contribution in [0.1, 0.15) is 52.4 Å². The van der Waals surface area contributed by atoms with Gasteiger partial charge in [-0.25, -0.2) is 0 Å². The molecule has 0 aromatic carbocycles. The molecule has 3 atom stereocenters. The van der Waals surface area contributed by atoms with Crippen LogP contribution in [0.2, 0.25) is 0 Å². The number of carbonyl (C=O) groups excluding carboxylic acids is 1. The van der Waals surface area contributed by atoms with Crippen molar-refractivity contribution in [3.8, 4) is 0 Å². The summed E-state index contributed by atoms with van der Waals surface area (Å²) in [5.41, 5.74) is 0. The zero-order valence-electron chi connectivity index (χ0n) is 10.3. The van der Waals surface area contributed by atoms with E-state index in [1.165, 1.54) is 12.8 Å². The van der Waals surface area contributed by atoms with E-state index in [-0.39, 0.29) is 0 Å². The number of amides is 1. The highest BCUT2D eigenvalue weighted by Crippen LogP contribution is 2.38. The van der Waals surface area contributed by atoms with E-state index < -0.39 is 0 Å². The van der Waals surface area contributed by atoms with Crippen LogP contribution in [0.25, 0.3) is 0 Å².